The lowest BCUT2D eigenvalue weighted by molar-refractivity contribution is -0.143. The predicted octanol–water partition coefficient (Wildman–Crippen LogP) is 4.77. The molecule has 3 atom stereocenters. The average Bonchev–Trinajstić information content (AvgIpc) is 3.35. The van der Waals surface area contributed by atoms with Crippen molar-refractivity contribution in [1.82, 2.24) is 24.7 Å². The van der Waals surface area contributed by atoms with Crippen molar-refractivity contribution in [1.29, 1.82) is 0 Å². The SMILES string of the molecule is CCC(=O)N1CC(C(=O)N[C@@H](CCN2C3CCC2CC(n2c(C)nc4cc(F)ccc42)C3)c2ccccc2)C1. The molecule has 1 aromatic heterocycles. The summed E-state index contributed by atoms with van der Waals surface area (Å²) in [6, 6.07) is 16.5. The van der Waals surface area contributed by atoms with Gasteiger partial charge in [-0.1, -0.05) is 37.3 Å². The second-order valence-corrected chi connectivity index (χ2v) is 11.5. The van der Waals surface area contributed by atoms with Crippen molar-refractivity contribution < 1.29 is 14.0 Å². The first-order valence-corrected chi connectivity index (χ1v) is 14.4. The number of benzene rings is 2. The van der Waals surface area contributed by atoms with Crippen LogP contribution in [0.1, 0.15) is 68.9 Å². The Kier molecular flexibility index (Phi) is 7.14. The van der Waals surface area contributed by atoms with Crippen LogP contribution in [0.25, 0.3) is 11.0 Å². The van der Waals surface area contributed by atoms with E-state index in [1.807, 2.05) is 38.1 Å². The summed E-state index contributed by atoms with van der Waals surface area (Å²) in [7, 11) is 0. The number of carbonyl (C=O) groups is 2. The van der Waals surface area contributed by atoms with Gasteiger partial charge in [-0.3, -0.25) is 14.5 Å². The van der Waals surface area contributed by atoms with Crippen LogP contribution in [0.2, 0.25) is 0 Å². The molecular formula is C31H38FN5O2. The first-order valence-electron chi connectivity index (χ1n) is 14.4. The third-order valence-corrected chi connectivity index (χ3v) is 9.15. The summed E-state index contributed by atoms with van der Waals surface area (Å²) in [6.07, 6.45) is 5.83. The van der Waals surface area contributed by atoms with Crippen molar-refractivity contribution in [3.63, 3.8) is 0 Å². The highest BCUT2D eigenvalue weighted by Gasteiger charge is 2.42. The standard InChI is InChI=1S/C31H38FN5O2/c1-3-30(38)35-18-22(19-35)31(39)34-27(21-7-5-4-6-8-21)13-14-36-24-10-11-25(36)17-26(16-24)37-20(2)33-28-15-23(32)9-12-29(28)37/h4-9,12,15,22,24-27H,3,10-11,13-14,16-19H2,1-2H3,(H,34,39)/t24?,25?,26?,27-/m0/s1. The Balaban J connectivity index is 1.12. The minimum atomic E-state index is -0.244. The summed E-state index contributed by atoms with van der Waals surface area (Å²) >= 11 is 0. The molecule has 7 nitrogen and oxygen atoms in total. The first-order chi connectivity index (χ1) is 18.9. The molecule has 8 heteroatoms. The molecule has 6 rings (SSSR count). The molecule has 2 bridgehead atoms. The van der Waals surface area contributed by atoms with E-state index in [0.29, 0.717) is 37.6 Å². The molecule has 2 amide bonds. The molecule has 2 aromatic carbocycles. The van der Waals surface area contributed by atoms with Crippen LogP contribution in [0.4, 0.5) is 4.39 Å². The van der Waals surface area contributed by atoms with Crippen LogP contribution in [-0.2, 0) is 9.59 Å². The van der Waals surface area contributed by atoms with Crippen molar-refractivity contribution in [2.75, 3.05) is 19.6 Å². The largest absolute Gasteiger partial charge is 0.349 e. The second kappa shape index (κ2) is 10.7. The maximum atomic E-state index is 13.8. The number of imidazole rings is 1. The molecule has 4 heterocycles. The lowest BCUT2D eigenvalue weighted by Gasteiger charge is -2.41. The Labute approximate surface area is 229 Å². The lowest BCUT2D eigenvalue weighted by Crippen LogP contribution is -2.56. The Morgan fingerprint density at radius 1 is 1.05 bits per heavy atom. The van der Waals surface area contributed by atoms with Crippen LogP contribution < -0.4 is 5.32 Å². The highest BCUT2D eigenvalue weighted by Crippen LogP contribution is 2.42. The Morgan fingerprint density at radius 2 is 1.77 bits per heavy atom. The number of fused-ring (bicyclic) bond motifs is 3. The molecule has 0 saturated carbocycles. The van der Waals surface area contributed by atoms with E-state index in [0.717, 1.165) is 48.2 Å². The summed E-state index contributed by atoms with van der Waals surface area (Å²) < 4.78 is 16.1. The number of amides is 2. The van der Waals surface area contributed by atoms with Gasteiger partial charge in [0.05, 0.1) is 23.0 Å². The van der Waals surface area contributed by atoms with Crippen LogP contribution in [0.15, 0.2) is 48.5 Å². The number of piperidine rings is 1. The van der Waals surface area contributed by atoms with E-state index in [2.05, 4.69) is 31.9 Å². The molecule has 0 aliphatic carbocycles. The van der Waals surface area contributed by atoms with Gasteiger partial charge < -0.3 is 14.8 Å². The molecule has 206 valence electrons. The Hall–Kier alpha value is -3.26. The summed E-state index contributed by atoms with van der Waals surface area (Å²) in [4.78, 5) is 34.1. The maximum Gasteiger partial charge on any atom is 0.227 e. The topological polar surface area (TPSA) is 70.5 Å². The minimum absolute atomic E-state index is 0.0459. The zero-order chi connectivity index (χ0) is 27.1. The van der Waals surface area contributed by atoms with Gasteiger partial charge in [0, 0.05) is 50.2 Å². The van der Waals surface area contributed by atoms with Crippen molar-refractivity contribution in [3.05, 3.63) is 65.7 Å². The molecule has 39 heavy (non-hydrogen) atoms. The zero-order valence-corrected chi connectivity index (χ0v) is 22.9. The van der Waals surface area contributed by atoms with Crippen LogP contribution in [-0.4, -0.2) is 62.9 Å². The number of hydrogen-bond acceptors (Lipinski definition) is 4. The molecular weight excluding hydrogens is 493 g/mol. The second-order valence-electron chi connectivity index (χ2n) is 11.5. The quantitative estimate of drug-likeness (QED) is 0.455. The molecule has 3 aliphatic rings. The fourth-order valence-corrected chi connectivity index (χ4v) is 7.12. The van der Waals surface area contributed by atoms with Gasteiger partial charge in [-0.25, -0.2) is 9.37 Å². The molecule has 0 spiro atoms. The number of aryl methyl sites for hydroxylation is 1. The fraction of sp³-hybridized carbons (Fsp3) is 0.516. The number of likely N-dealkylation sites (tertiary alicyclic amines) is 1. The highest BCUT2D eigenvalue weighted by atomic mass is 19.1. The van der Waals surface area contributed by atoms with E-state index in [4.69, 9.17) is 0 Å². The van der Waals surface area contributed by atoms with Gasteiger partial charge >= 0.3 is 0 Å². The number of hydrogen-bond donors (Lipinski definition) is 1. The van der Waals surface area contributed by atoms with Crippen LogP contribution in [0, 0.1) is 18.7 Å². The maximum absolute atomic E-state index is 13.8. The van der Waals surface area contributed by atoms with Crippen molar-refractivity contribution in [2.24, 2.45) is 5.92 Å². The van der Waals surface area contributed by atoms with Gasteiger partial charge in [0.25, 0.3) is 0 Å². The van der Waals surface area contributed by atoms with E-state index in [-0.39, 0.29) is 29.6 Å². The van der Waals surface area contributed by atoms with Crippen LogP contribution in [0.3, 0.4) is 0 Å². The van der Waals surface area contributed by atoms with E-state index >= 15 is 0 Å². The molecule has 3 fully saturated rings. The number of nitrogens with zero attached hydrogens (tertiary/aromatic N) is 4. The molecule has 3 aromatic rings. The monoisotopic (exact) mass is 531 g/mol. The smallest absolute Gasteiger partial charge is 0.227 e. The zero-order valence-electron chi connectivity index (χ0n) is 22.9. The first kappa shape index (κ1) is 26.0. The number of halogens is 1. The molecule has 2 unspecified atom stereocenters. The van der Waals surface area contributed by atoms with Crippen LogP contribution in [0.5, 0.6) is 0 Å². The molecule has 0 radical (unpaired) electrons. The van der Waals surface area contributed by atoms with Gasteiger partial charge in [0.1, 0.15) is 11.6 Å². The fourth-order valence-electron chi connectivity index (χ4n) is 7.12. The van der Waals surface area contributed by atoms with E-state index in [1.54, 1.807) is 4.90 Å². The Bertz CT molecular complexity index is 1340. The highest BCUT2D eigenvalue weighted by molar-refractivity contribution is 5.84. The van der Waals surface area contributed by atoms with Crippen LogP contribution >= 0.6 is 0 Å². The van der Waals surface area contributed by atoms with Gasteiger partial charge in [0.15, 0.2) is 0 Å². The number of rotatable bonds is 8. The summed E-state index contributed by atoms with van der Waals surface area (Å²) in [6.45, 7) is 5.86. The number of aromatic nitrogens is 2. The normalized spacial score (nSPS) is 24.1. The lowest BCUT2D eigenvalue weighted by atomic mass is 9.94. The van der Waals surface area contributed by atoms with Crippen molar-refractivity contribution >= 4 is 22.8 Å². The number of carbonyl (C=O) groups excluding carboxylic acids is 2. The van der Waals surface area contributed by atoms with Gasteiger partial charge in [-0.15, -0.1) is 0 Å². The predicted molar refractivity (Wildman–Crippen MR) is 149 cm³/mol. The van der Waals surface area contributed by atoms with E-state index in [1.165, 1.54) is 25.0 Å². The Morgan fingerprint density at radius 3 is 2.46 bits per heavy atom. The summed E-state index contributed by atoms with van der Waals surface area (Å²) in [5, 5.41) is 3.32. The third kappa shape index (κ3) is 5.07. The summed E-state index contributed by atoms with van der Waals surface area (Å²) in [5.41, 5.74) is 2.88. The number of nitrogens with one attached hydrogen (secondary N) is 1. The van der Waals surface area contributed by atoms with E-state index < -0.39 is 0 Å². The molecule has 1 N–H and O–H groups in total. The summed E-state index contributed by atoms with van der Waals surface area (Å²) in [5.74, 6) is 0.746. The van der Waals surface area contributed by atoms with Gasteiger partial charge in [0.2, 0.25) is 11.8 Å². The third-order valence-electron chi connectivity index (χ3n) is 9.15. The van der Waals surface area contributed by atoms with Gasteiger partial charge in [-0.2, -0.15) is 0 Å². The van der Waals surface area contributed by atoms with E-state index in [9.17, 15) is 14.0 Å². The average molecular weight is 532 g/mol. The molecule has 3 saturated heterocycles. The minimum Gasteiger partial charge on any atom is -0.349 e. The molecule has 3 aliphatic heterocycles. The van der Waals surface area contributed by atoms with Crippen molar-refractivity contribution in [2.45, 2.75) is 76.5 Å². The van der Waals surface area contributed by atoms with Crippen molar-refractivity contribution in [3.8, 4) is 0 Å². The van der Waals surface area contributed by atoms with Gasteiger partial charge in [-0.05, 0) is 56.7 Å².